The zero-order valence-electron chi connectivity index (χ0n) is 10.2. The summed E-state index contributed by atoms with van der Waals surface area (Å²) in [6, 6.07) is 0. The van der Waals surface area contributed by atoms with Crippen LogP contribution in [0.1, 0.15) is 38.5 Å². The zero-order chi connectivity index (χ0) is 11.8. The second-order valence-corrected chi connectivity index (χ2v) is 5.18. The molecule has 0 aromatic rings. The number of methoxy groups -OCH3 is 2. The van der Waals surface area contributed by atoms with Crippen molar-refractivity contribution in [3.8, 4) is 0 Å². The van der Waals surface area contributed by atoms with E-state index in [1.807, 2.05) is 0 Å². The molecule has 3 fully saturated rings. The average molecular weight is 224 g/mol. The SMILES string of the molecule is C=C(OC)C12CCC(C(=O)OC)(CC1)CC2. The Hall–Kier alpha value is -0.990. The maximum absolute atomic E-state index is 11.8. The molecule has 0 aromatic carbocycles. The molecular weight excluding hydrogens is 204 g/mol. The molecule has 0 N–H and O–H groups in total. The maximum atomic E-state index is 11.8. The number of allylic oxidation sites excluding steroid dienone is 1. The van der Waals surface area contributed by atoms with Crippen molar-refractivity contribution in [1.82, 2.24) is 0 Å². The number of hydrogen-bond acceptors (Lipinski definition) is 3. The van der Waals surface area contributed by atoms with Gasteiger partial charge in [0.25, 0.3) is 0 Å². The van der Waals surface area contributed by atoms with Gasteiger partial charge in [-0.15, -0.1) is 0 Å². The van der Waals surface area contributed by atoms with Gasteiger partial charge in [-0.25, -0.2) is 0 Å². The number of esters is 1. The van der Waals surface area contributed by atoms with Crippen molar-refractivity contribution in [2.75, 3.05) is 14.2 Å². The molecule has 3 aliphatic carbocycles. The van der Waals surface area contributed by atoms with E-state index < -0.39 is 0 Å². The summed E-state index contributed by atoms with van der Waals surface area (Å²) in [6.07, 6.45) is 5.78. The summed E-state index contributed by atoms with van der Waals surface area (Å²) in [6.45, 7) is 4.01. The second-order valence-electron chi connectivity index (χ2n) is 5.18. The number of fused-ring (bicyclic) bond motifs is 3. The van der Waals surface area contributed by atoms with Crippen LogP contribution >= 0.6 is 0 Å². The predicted molar refractivity (Wildman–Crippen MR) is 60.7 cm³/mol. The van der Waals surface area contributed by atoms with Crippen LogP contribution in [0, 0.1) is 10.8 Å². The van der Waals surface area contributed by atoms with Gasteiger partial charge in [-0.1, -0.05) is 6.58 Å². The highest BCUT2D eigenvalue weighted by molar-refractivity contribution is 5.77. The van der Waals surface area contributed by atoms with E-state index in [9.17, 15) is 4.79 Å². The number of carbonyl (C=O) groups excluding carboxylic acids is 1. The summed E-state index contributed by atoms with van der Waals surface area (Å²) >= 11 is 0. The number of hydrogen-bond donors (Lipinski definition) is 0. The first-order chi connectivity index (χ1) is 7.58. The molecule has 90 valence electrons. The molecule has 0 atom stereocenters. The van der Waals surface area contributed by atoms with E-state index in [0.717, 1.165) is 44.3 Å². The van der Waals surface area contributed by atoms with Crippen LogP contribution in [0.3, 0.4) is 0 Å². The Balaban J connectivity index is 2.14. The third-order valence-corrected chi connectivity index (χ3v) is 4.70. The highest BCUT2D eigenvalue weighted by Crippen LogP contribution is 2.59. The Morgan fingerprint density at radius 3 is 1.75 bits per heavy atom. The van der Waals surface area contributed by atoms with Crippen LogP contribution in [0.4, 0.5) is 0 Å². The van der Waals surface area contributed by atoms with Gasteiger partial charge in [-0.2, -0.15) is 0 Å². The Kier molecular flexibility index (Phi) is 2.72. The van der Waals surface area contributed by atoms with Gasteiger partial charge in [0.15, 0.2) is 0 Å². The molecule has 0 aromatic heterocycles. The van der Waals surface area contributed by atoms with Gasteiger partial charge in [0.05, 0.1) is 25.4 Å². The fourth-order valence-electron chi connectivity index (χ4n) is 3.34. The average Bonchev–Trinajstić information content (AvgIpc) is 2.38. The third kappa shape index (κ3) is 1.45. The Labute approximate surface area is 96.8 Å². The molecule has 0 heterocycles. The van der Waals surface area contributed by atoms with Crippen LogP contribution < -0.4 is 0 Å². The molecule has 16 heavy (non-hydrogen) atoms. The third-order valence-electron chi connectivity index (χ3n) is 4.70. The molecule has 0 radical (unpaired) electrons. The number of rotatable bonds is 3. The Morgan fingerprint density at radius 1 is 0.938 bits per heavy atom. The predicted octanol–water partition coefficient (Wildman–Crippen LogP) is 2.66. The molecule has 0 aliphatic heterocycles. The van der Waals surface area contributed by atoms with E-state index >= 15 is 0 Å². The minimum atomic E-state index is -0.204. The van der Waals surface area contributed by atoms with Gasteiger partial charge in [0.1, 0.15) is 0 Å². The lowest BCUT2D eigenvalue weighted by Gasteiger charge is -2.51. The van der Waals surface area contributed by atoms with Crippen LogP contribution in [0.25, 0.3) is 0 Å². The minimum Gasteiger partial charge on any atom is -0.501 e. The summed E-state index contributed by atoms with van der Waals surface area (Å²) in [5.41, 5.74) is -0.0744. The van der Waals surface area contributed by atoms with Crippen molar-refractivity contribution < 1.29 is 14.3 Å². The van der Waals surface area contributed by atoms with Crippen molar-refractivity contribution in [3.63, 3.8) is 0 Å². The fourth-order valence-corrected chi connectivity index (χ4v) is 3.34. The second kappa shape index (κ2) is 3.79. The van der Waals surface area contributed by atoms with Crippen LogP contribution in [0.15, 0.2) is 12.3 Å². The minimum absolute atomic E-state index is 0.0242. The van der Waals surface area contributed by atoms with E-state index in [-0.39, 0.29) is 16.8 Å². The van der Waals surface area contributed by atoms with Crippen LogP contribution in [-0.4, -0.2) is 20.2 Å². The standard InChI is InChI=1S/C13H20O3/c1-10(15-2)12-4-7-13(8-5-12,9-6-12)11(14)16-3/h1,4-9H2,2-3H3. The van der Waals surface area contributed by atoms with E-state index in [1.165, 1.54) is 7.11 Å². The first-order valence-electron chi connectivity index (χ1n) is 5.90. The van der Waals surface area contributed by atoms with Gasteiger partial charge in [0, 0.05) is 5.41 Å². The lowest BCUT2D eigenvalue weighted by atomic mass is 9.53. The van der Waals surface area contributed by atoms with Crippen molar-refractivity contribution in [2.45, 2.75) is 38.5 Å². The lowest BCUT2D eigenvalue weighted by Crippen LogP contribution is -2.47. The summed E-state index contributed by atoms with van der Waals surface area (Å²) in [5, 5.41) is 0. The van der Waals surface area contributed by atoms with Gasteiger partial charge < -0.3 is 9.47 Å². The normalized spacial score (nSPS) is 36.9. The first-order valence-corrected chi connectivity index (χ1v) is 5.90. The van der Waals surface area contributed by atoms with Crippen LogP contribution in [0.5, 0.6) is 0 Å². The molecule has 0 unspecified atom stereocenters. The molecular formula is C13H20O3. The lowest BCUT2D eigenvalue weighted by molar-refractivity contribution is -0.162. The van der Waals surface area contributed by atoms with Gasteiger partial charge in [0.2, 0.25) is 0 Å². The number of carbonyl (C=O) groups is 1. The zero-order valence-corrected chi connectivity index (χ0v) is 10.2. The van der Waals surface area contributed by atoms with Gasteiger partial charge >= 0.3 is 5.97 Å². The molecule has 0 spiro atoms. The molecule has 3 rings (SSSR count). The van der Waals surface area contributed by atoms with Crippen LogP contribution in [0.2, 0.25) is 0 Å². The Morgan fingerprint density at radius 2 is 1.38 bits per heavy atom. The van der Waals surface area contributed by atoms with Crippen molar-refractivity contribution in [1.29, 1.82) is 0 Å². The fraction of sp³-hybridized carbons (Fsp3) is 0.769. The number of ether oxygens (including phenoxy) is 2. The van der Waals surface area contributed by atoms with Crippen molar-refractivity contribution in [2.24, 2.45) is 10.8 Å². The quantitative estimate of drug-likeness (QED) is 0.546. The highest BCUT2D eigenvalue weighted by atomic mass is 16.5. The van der Waals surface area contributed by atoms with Crippen molar-refractivity contribution in [3.05, 3.63) is 12.3 Å². The molecule has 3 heteroatoms. The monoisotopic (exact) mass is 224 g/mol. The molecule has 3 nitrogen and oxygen atoms in total. The topological polar surface area (TPSA) is 35.5 Å². The van der Waals surface area contributed by atoms with Crippen molar-refractivity contribution >= 4 is 5.97 Å². The van der Waals surface area contributed by atoms with E-state index in [4.69, 9.17) is 9.47 Å². The smallest absolute Gasteiger partial charge is 0.311 e. The molecule has 3 aliphatic rings. The molecule has 3 saturated carbocycles. The van der Waals surface area contributed by atoms with E-state index in [0.29, 0.717) is 0 Å². The summed E-state index contributed by atoms with van der Waals surface area (Å²) in [4.78, 5) is 11.8. The molecule has 0 amide bonds. The largest absolute Gasteiger partial charge is 0.501 e. The summed E-state index contributed by atoms with van der Waals surface area (Å²) in [7, 11) is 3.18. The molecule has 2 bridgehead atoms. The summed E-state index contributed by atoms with van der Waals surface area (Å²) in [5.74, 6) is 0.870. The Bertz CT molecular complexity index is 263. The first kappa shape index (κ1) is 11.5. The maximum Gasteiger partial charge on any atom is 0.311 e. The van der Waals surface area contributed by atoms with Gasteiger partial charge in [-0.3, -0.25) is 4.79 Å². The van der Waals surface area contributed by atoms with Crippen LogP contribution in [-0.2, 0) is 14.3 Å². The van der Waals surface area contributed by atoms with E-state index in [2.05, 4.69) is 6.58 Å². The van der Waals surface area contributed by atoms with E-state index in [1.54, 1.807) is 7.11 Å². The molecule has 0 saturated heterocycles. The highest BCUT2D eigenvalue weighted by Gasteiger charge is 2.54. The van der Waals surface area contributed by atoms with Gasteiger partial charge in [-0.05, 0) is 38.5 Å². The summed E-state index contributed by atoms with van der Waals surface area (Å²) < 4.78 is 10.3.